The summed E-state index contributed by atoms with van der Waals surface area (Å²) in [6.45, 7) is 8.97. The number of nitrogens with two attached hydrogens (primary N) is 1. The molecule has 2 nitrogen and oxygen atoms in total. The van der Waals surface area contributed by atoms with Crippen molar-refractivity contribution < 1.29 is 0 Å². The van der Waals surface area contributed by atoms with Crippen LogP contribution in [0.15, 0.2) is 0 Å². The highest BCUT2D eigenvalue weighted by Gasteiger charge is 2.22. The summed E-state index contributed by atoms with van der Waals surface area (Å²) in [7, 11) is 0. The molecule has 0 saturated carbocycles. The Bertz CT molecular complexity index is 127. The molecule has 0 aliphatic heterocycles. The molecule has 0 aliphatic rings. The fraction of sp³-hybridized carbons (Fsp3) is 1.00. The van der Waals surface area contributed by atoms with Crippen molar-refractivity contribution >= 4 is 0 Å². The molecule has 1 atom stereocenters. The average Bonchev–Trinajstić information content (AvgIpc) is 2.09. The Morgan fingerprint density at radius 2 is 1.64 bits per heavy atom. The molecule has 0 rings (SSSR count). The fourth-order valence-corrected chi connectivity index (χ4v) is 1.72. The lowest BCUT2D eigenvalue weighted by Crippen LogP contribution is -2.44. The molecule has 3 N–H and O–H groups in total. The topological polar surface area (TPSA) is 38.0 Å². The predicted octanol–water partition coefficient (Wildman–Crippen LogP) is 3.22. The number of hydrazine groups is 1. The molecular weight excluding hydrogens is 172 g/mol. The van der Waals surface area contributed by atoms with Gasteiger partial charge in [0.15, 0.2) is 0 Å². The highest BCUT2D eigenvalue weighted by molar-refractivity contribution is 4.78. The quantitative estimate of drug-likeness (QED) is 0.376. The first kappa shape index (κ1) is 13.9. The van der Waals surface area contributed by atoms with E-state index in [0.29, 0.717) is 6.04 Å². The summed E-state index contributed by atoms with van der Waals surface area (Å²) in [5, 5.41) is 0. The van der Waals surface area contributed by atoms with Crippen molar-refractivity contribution in [1.29, 1.82) is 0 Å². The van der Waals surface area contributed by atoms with Crippen LogP contribution in [-0.2, 0) is 0 Å². The van der Waals surface area contributed by atoms with E-state index in [0.717, 1.165) is 0 Å². The third-order valence-corrected chi connectivity index (χ3v) is 2.84. The highest BCUT2D eigenvalue weighted by atomic mass is 15.2. The van der Waals surface area contributed by atoms with Crippen molar-refractivity contribution in [3.63, 3.8) is 0 Å². The molecule has 1 unspecified atom stereocenters. The smallest absolute Gasteiger partial charge is 0.0259 e. The van der Waals surface area contributed by atoms with E-state index in [9.17, 15) is 0 Å². The van der Waals surface area contributed by atoms with Crippen LogP contribution in [0.1, 0.15) is 66.2 Å². The van der Waals surface area contributed by atoms with Crippen LogP contribution in [0.25, 0.3) is 0 Å². The third kappa shape index (κ3) is 6.39. The van der Waals surface area contributed by atoms with Gasteiger partial charge in [-0.3, -0.25) is 11.3 Å². The summed E-state index contributed by atoms with van der Waals surface area (Å²) in [6.07, 6.45) is 7.91. The van der Waals surface area contributed by atoms with Gasteiger partial charge in [0.1, 0.15) is 0 Å². The zero-order chi connectivity index (χ0) is 11.0. The molecule has 0 amide bonds. The van der Waals surface area contributed by atoms with Crippen molar-refractivity contribution in [2.75, 3.05) is 0 Å². The van der Waals surface area contributed by atoms with E-state index in [-0.39, 0.29) is 5.41 Å². The second-order valence-corrected chi connectivity index (χ2v) is 5.29. The maximum absolute atomic E-state index is 5.55. The molecule has 86 valence electrons. The summed E-state index contributed by atoms with van der Waals surface area (Å²) in [4.78, 5) is 0. The standard InChI is InChI=1S/C12H28N2/c1-5-6-7-8-9-10-11(14-13)12(2,3)4/h11,14H,5-10,13H2,1-4H3. The van der Waals surface area contributed by atoms with Crippen molar-refractivity contribution in [2.45, 2.75) is 72.3 Å². The molecule has 0 aromatic carbocycles. The fourth-order valence-electron chi connectivity index (χ4n) is 1.72. The normalized spacial score (nSPS) is 14.4. The first-order valence-electron chi connectivity index (χ1n) is 5.98. The number of rotatable bonds is 7. The van der Waals surface area contributed by atoms with Gasteiger partial charge in [0, 0.05) is 6.04 Å². The van der Waals surface area contributed by atoms with Crippen LogP contribution >= 0.6 is 0 Å². The maximum atomic E-state index is 5.55. The van der Waals surface area contributed by atoms with Gasteiger partial charge in [0.25, 0.3) is 0 Å². The lowest BCUT2D eigenvalue weighted by Gasteiger charge is -2.30. The van der Waals surface area contributed by atoms with E-state index in [2.05, 4.69) is 33.1 Å². The number of unbranched alkanes of at least 4 members (excludes halogenated alkanes) is 4. The molecule has 0 aliphatic carbocycles. The molecule has 0 fully saturated rings. The maximum Gasteiger partial charge on any atom is 0.0259 e. The van der Waals surface area contributed by atoms with Crippen LogP contribution < -0.4 is 11.3 Å². The third-order valence-electron chi connectivity index (χ3n) is 2.84. The van der Waals surface area contributed by atoms with E-state index in [1.54, 1.807) is 0 Å². The molecule has 0 radical (unpaired) electrons. The van der Waals surface area contributed by atoms with Gasteiger partial charge in [-0.1, -0.05) is 59.8 Å². The first-order chi connectivity index (χ1) is 6.52. The van der Waals surface area contributed by atoms with Gasteiger partial charge in [0.05, 0.1) is 0 Å². The van der Waals surface area contributed by atoms with E-state index in [1.165, 1.54) is 38.5 Å². The average molecular weight is 200 g/mol. The van der Waals surface area contributed by atoms with E-state index >= 15 is 0 Å². The summed E-state index contributed by atoms with van der Waals surface area (Å²) in [6, 6.07) is 0.448. The minimum Gasteiger partial charge on any atom is -0.271 e. The Kier molecular flexibility index (Phi) is 7.20. The van der Waals surface area contributed by atoms with Crippen molar-refractivity contribution in [3.05, 3.63) is 0 Å². The molecule has 0 spiro atoms. The zero-order valence-electron chi connectivity index (χ0n) is 10.4. The number of hydrogen-bond acceptors (Lipinski definition) is 2. The van der Waals surface area contributed by atoms with Gasteiger partial charge in [0.2, 0.25) is 0 Å². The second kappa shape index (κ2) is 7.24. The Morgan fingerprint density at radius 1 is 1.07 bits per heavy atom. The van der Waals surface area contributed by atoms with E-state index < -0.39 is 0 Å². The van der Waals surface area contributed by atoms with Gasteiger partial charge in [-0.25, -0.2) is 0 Å². The largest absolute Gasteiger partial charge is 0.271 e. The van der Waals surface area contributed by atoms with E-state index in [4.69, 9.17) is 5.84 Å². The Morgan fingerprint density at radius 3 is 2.07 bits per heavy atom. The van der Waals surface area contributed by atoms with Crippen molar-refractivity contribution in [2.24, 2.45) is 11.3 Å². The molecule has 0 saturated heterocycles. The van der Waals surface area contributed by atoms with Crippen molar-refractivity contribution in [3.8, 4) is 0 Å². The Hall–Kier alpha value is -0.0800. The summed E-state index contributed by atoms with van der Waals surface area (Å²) in [5.74, 6) is 5.55. The Labute approximate surface area is 89.6 Å². The van der Waals surface area contributed by atoms with Gasteiger partial charge >= 0.3 is 0 Å². The minimum atomic E-state index is 0.277. The number of hydrogen-bond donors (Lipinski definition) is 2. The minimum absolute atomic E-state index is 0.277. The van der Waals surface area contributed by atoms with Gasteiger partial charge in [-0.15, -0.1) is 0 Å². The molecule has 0 bridgehead atoms. The molecule has 2 heteroatoms. The van der Waals surface area contributed by atoms with Crippen LogP contribution in [0.2, 0.25) is 0 Å². The zero-order valence-corrected chi connectivity index (χ0v) is 10.4. The van der Waals surface area contributed by atoms with Crippen LogP contribution in [0.4, 0.5) is 0 Å². The van der Waals surface area contributed by atoms with Crippen LogP contribution in [0, 0.1) is 5.41 Å². The summed E-state index contributed by atoms with van der Waals surface area (Å²) in [5.41, 5.74) is 3.21. The van der Waals surface area contributed by atoms with Gasteiger partial charge < -0.3 is 0 Å². The molecule has 0 aromatic rings. The summed E-state index contributed by atoms with van der Waals surface area (Å²) < 4.78 is 0. The van der Waals surface area contributed by atoms with Crippen LogP contribution in [-0.4, -0.2) is 6.04 Å². The van der Waals surface area contributed by atoms with Gasteiger partial charge in [-0.2, -0.15) is 0 Å². The Balaban J connectivity index is 3.54. The highest BCUT2D eigenvalue weighted by Crippen LogP contribution is 2.23. The second-order valence-electron chi connectivity index (χ2n) is 5.29. The predicted molar refractivity (Wildman–Crippen MR) is 63.9 cm³/mol. The van der Waals surface area contributed by atoms with Crippen molar-refractivity contribution in [1.82, 2.24) is 5.43 Å². The SMILES string of the molecule is CCCCCCCC(NN)C(C)(C)C. The molecule has 0 aromatic heterocycles. The lowest BCUT2D eigenvalue weighted by molar-refractivity contribution is 0.251. The van der Waals surface area contributed by atoms with E-state index in [1.807, 2.05) is 0 Å². The molecule has 14 heavy (non-hydrogen) atoms. The summed E-state index contributed by atoms with van der Waals surface area (Å²) >= 11 is 0. The first-order valence-corrected chi connectivity index (χ1v) is 5.98. The van der Waals surface area contributed by atoms with Crippen LogP contribution in [0.5, 0.6) is 0 Å². The lowest BCUT2D eigenvalue weighted by atomic mass is 9.84. The van der Waals surface area contributed by atoms with Crippen LogP contribution in [0.3, 0.4) is 0 Å². The van der Waals surface area contributed by atoms with Gasteiger partial charge in [-0.05, 0) is 11.8 Å². The number of nitrogens with one attached hydrogen (secondary N) is 1. The molecule has 0 heterocycles. The molecular formula is C12H28N2. The monoisotopic (exact) mass is 200 g/mol.